The van der Waals surface area contributed by atoms with Crippen LogP contribution in [-0.2, 0) is 57.7 Å². The van der Waals surface area contributed by atoms with Crippen LogP contribution in [0.1, 0.15) is 115 Å². The molecule has 7 amide bonds. The summed E-state index contributed by atoms with van der Waals surface area (Å²) in [7, 11) is 4.83. The molecule has 3 aromatic rings. The number of fused-ring (bicyclic) bond motifs is 2. The summed E-state index contributed by atoms with van der Waals surface area (Å²) in [6.45, 7) is 14.1. The van der Waals surface area contributed by atoms with Crippen LogP contribution in [0, 0.1) is 10.8 Å². The second-order valence-corrected chi connectivity index (χ2v) is 22.1. The fourth-order valence-corrected chi connectivity index (χ4v) is 10.2. The molecule has 17 nitrogen and oxygen atoms in total. The molecule has 9 atom stereocenters. The minimum absolute atomic E-state index is 0.00714. The van der Waals surface area contributed by atoms with Gasteiger partial charge in [-0.25, -0.2) is 0 Å². The highest BCUT2D eigenvalue weighted by Crippen LogP contribution is 2.34. The Morgan fingerprint density at radius 1 is 0.699 bits per heavy atom. The summed E-state index contributed by atoms with van der Waals surface area (Å²) in [6, 6.07) is 17.7. The second-order valence-electron chi connectivity index (χ2n) is 22.1. The Morgan fingerprint density at radius 2 is 1.25 bits per heavy atom. The highest BCUT2D eigenvalue weighted by molar-refractivity contribution is 5.96. The molecule has 17 heteroatoms. The molecule has 2 aliphatic heterocycles. The normalized spacial score (nSPS) is 20.8. The maximum Gasteiger partial charge on any atom is 0.246 e. The number of benzene rings is 3. The number of nitrogens with zero attached hydrogens (tertiary/aromatic N) is 3. The van der Waals surface area contributed by atoms with Crippen LogP contribution in [0.15, 0.2) is 78.9 Å². The van der Waals surface area contributed by atoms with E-state index >= 15 is 9.59 Å². The van der Waals surface area contributed by atoms with E-state index in [0.717, 1.165) is 41.5 Å². The van der Waals surface area contributed by atoms with Gasteiger partial charge in [0.1, 0.15) is 30.7 Å². The van der Waals surface area contributed by atoms with E-state index in [9.17, 15) is 24.0 Å². The van der Waals surface area contributed by atoms with Crippen LogP contribution in [0.4, 0.5) is 0 Å². The fourth-order valence-electron chi connectivity index (χ4n) is 10.2. The van der Waals surface area contributed by atoms with Crippen molar-refractivity contribution < 1.29 is 38.3 Å². The number of methoxy groups -OCH3 is 1. The van der Waals surface area contributed by atoms with Crippen LogP contribution >= 0.6 is 0 Å². The molecular formula is C56H79N9O8. The standard InChI is InChI=1S/C56H79N9O8/c1-34(57-9)49(67)61-47(55(3,4)5)53(71)63-30-39-24-16-15-23-38(39)28-44(63)52(70)65(45(33-73-11)37-21-13-12-14-22-37)32-46(66)59-40-29-43(51(69)60-42-27-19-25-36-20-17-18-26-41(36)42)64(31-40)54(72)48(56(6,7)8)62-50(68)35(2)58-10/h12-18,20-24,26,34-35,40,42-45,47-48,57-58H,19,25,27-33H2,1-11H3,(H,59,66)(H,60,69)(H,61,67)(H,62,68)/t34-,35-,40?,42?,43-,44-,45-,47+,48+/m0/s1. The maximum absolute atomic E-state index is 15.7. The lowest BCUT2D eigenvalue weighted by atomic mass is 9.84. The average Bonchev–Trinajstić information content (AvgIpc) is 3.79. The van der Waals surface area contributed by atoms with Gasteiger partial charge in [-0.3, -0.25) is 33.6 Å². The number of carbonyl (C=O) groups is 7. The van der Waals surface area contributed by atoms with Crippen LogP contribution < -0.4 is 31.9 Å². The molecule has 1 fully saturated rings. The fraction of sp³-hybridized carbons (Fsp3) is 0.554. The molecule has 3 aromatic carbocycles. The topological polar surface area (TPSA) is 211 Å². The molecular weight excluding hydrogens is 927 g/mol. The Labute approximate surface area is 431 Å². The Hall–Kier alpha value is -6.17. The SMILES string of the molecule is CN[C@@H](C)C(=O)N[C@H](C(=O)N1CC(NC(=O)CN(C(=O)[C@@H]2Cc3ccccc3CN2C(=O)[C@@H](NC(=O)[C@H](C)NC)C(C)(C)C)[C@@H](COC)c2ccccc2)C[C@H]1C(=O)NC1CCCc2ccccc21)C(C)(C)C. The van der Waals surface area contributed by atoms with Crippen molar-refractivity contribution >= 4 is 41.4 Å². The monoisotopic (exact) mass is 1010 g/mol. The number of aryl methyl sites for hydroxylation is 1. The van der Waals surface area contributed by atoms with E-state index in [-0.39, 0.29) is 56.3 Å². The minimum Gasteiger partial charge on any atom is -0.382 e. The smallest absolute Gasteiger partial charge is 0.246 e. The number of likely N-dealkylation sites (N-methyl/N-ethyl adjacent to an activating group) is 2. The molecule has 73 heavy (non-hydrogen) atoms. The van der Waals surface area contributed by atoms with Gasteiger partial charge in [-0.05, 0) is 92.3 Å². The highest BCUT2D eigenvalue weighted by atomic mass is 16.5. The number of hydrogen-bond donors (Lipinski definition) is 6. The van der Waals surface area contributed by atoms with Crippen LogP contribution in [0.25, 0.3) is 0 Å². The van der Waals surface area contributed by atoms with Crippen LogP contribution in [0.3, 0.4) is 0 Å². The lowest BCUT2D eigenvalue weighted by molar-refractivity contribution is -0.153. The number of amides is 7. The first kappa shape index (κ1) is 56.1. The number of likely N-dealkylation sites (tertiary alicyclic amines) is 1. The molecule has 0 bridgehead atoms. The quantitative estimate of drug-likeness (QED) is 0.109. The molecule has 0 radical (unpaired) electrons. The average molecular weight is 1010 g/mol. The van der Waals surface area contributed by atoms with Gasteiger partial charge in [0, 0.05) is 32.7 Å². The van der Waals surface area contributed by atoms with Crippen LogP contribution in [-0.4, -0.2) is 139 Å². The van der Waals surface area contributed by atoms with E-state index < -0.39 is 89.3 Å². The molecule has 1 saturated heterocycles. The molecule has 0 spiro atoms. The minimum atomic E-state index is -1.09. The Kier molecular flexibility index (Phi) is 18.6. The Bertz CT molecular complexity index is 2450. The van der Waals surface area contributed by atoms with E-state index in [1.165, 1.54) is 21.8 Å². The van der Waals surface area contributed by atoms with E-state index in [2.05, 4.69) is 38.0 Å². The summed E-state index contributed by atoms with van der Waals surface area (Å²) < 4.78 is 5.76. The van der Waals surface area contributed by atoms with Gasteiger partial charge in [-0.15, -0.1) is 0 Å². The molecule has 2 unspecified atom stereocenters. The lowest BCUT2D eigenvalue weighted by Gasteiger charge is -2.43. The van der Waals surface area contributed by atoms with E-state index in [1.807, 2.05) is 114 Å². The zero-order valence-corrected chi connectivity index (χ0v) is 44.7. The number of ether oxygens (including phenoxy) is 1. The van der Waals surface area contributed by atoms with Crippen molar-refractivity contribution in [3.05, 3.63) is 107 Å². The summed E-state index contributed by atoms with van der Waals surface area (Å²) in [6.07, 6.45) is 2.70. The molecule has 3 aliphatic rings. The zero-order chi connectivity index (χ0) is 53.4. The molecule has 2 heterocycles. The van der Waals surface area contributed by atoms with Crippen molar-refractivity contribution in [2.24, 2.45) is 10.8 Å². The summed E-state index contributed by atoms with van der Waals surface area (Å²) in [4.78, 5) is 106. The molecule has 1 aliphatic carbocycles. The summed E-state index contributed by atoms with van der Waals surface area (Å²) >= 11 is 0. The largest absolute Gasteiger partial charge is 0.382 e. The lowest BCUT2D eigenvalue weighted by Crippen LogP contribution is -2.62. The number of hydrogen-bond acceptors (Lipinski definition) is 10. The molecule has 6 rings (SSSR count). The summed E-state index contributed by atoms with van der Waals surface area (Å²) in [5.74, 6) is -3.07. The molecule has 0 aromatic heterocycles. The number of rotatable bonds is 18. The van der Waals surface area contributed by atoms with E-state index in [4.69, 9.17) is 4.74 Å². The van der Waals surface area contributed by atoms with Crippen molar-refractivity contribution in [2.45, 2.75) is 148 Å². The molecule has 0 saturated carbocycles. The second kappa shape index (κ2) is 24.2. The summed E-state index contributed by atoms with van der Waals surface area (Å²) in [5, 5.41) is 18.1. The van der Waals surface area contributed by atoms with Gasteiger partial charge >= 0.3 is 0 Å². The first-order valence-corrected chi connectivity index (χ1v) is 25.7. The first-order chi connectivity index (χ1) is 34.6. The van der Waals surface area contributed by atoms with Crippen molar-refractivity contribution in [1.82, 2.24) is 46.6 Å². The van der Waals surface area contributed by atoms with Crippen molar-refractivity contribution in [2.75, 3.05) is 40.9 Å². The van der Waals surface area contributed by atoms with Gasteiger partial charge in [0.25, 0.3) is 0 Å². The zero-order valence-electron chi connectivity index (χ0n) is 44.7. The summed E-state index contributed by atoms with van der Waals surface area (Å²) in [5.41, 5.74) is 3.09. The molecule has 396 valence electrons. The third-order valence-corrected chi connectivity index (χ3v) is 14.7. The van der Waals surface area contributed by atoms with E-state index in [0.29, 0.717) is 5.56 Å². The van der Waals surface area contributed by atoms with E-state index in [1.54, 1.807) is 27.9 Å². The van der Waals surface area contributed by atoms with Gasteiger partial charge in [-0.2, -0.15) is 0 Å². The third kappa shape index (κ3) is 13.5. The van der Waals surface area contributed by atoms with Gasteiger partial charge in [0.15, 0.2) is 0 Å². The first-order valence-electron chi connectivity index (χ1n) is 25.7. The Morgan fingerprint density at radius 3 is 1.82 bits per heavy atom. The van der Waals surface area contributed by atoms with Crippen molar-refractivity contribution in [3.8, 4) is 0 Å². The van der Waals surface area contributed by atoms with Crippen molar-refractivity contribution in [3.63, 3.8) is 0 Å². The predicted molar refractivity (Wildman–Crippen MR) is 279 cm³/mol. The third-order valence-electron chi connectivity index (χ3n) is 14.7. The van der Waals surface area contributed by atoms with Crippen LogP contribution in [0.2, 0.25) is 0 Å². The van der Waals surface area contributed by atoms with Gasteiger partial charge < -0.3 is 51.3 Å². The highest BCUT2D eigenvalue weighted by Gasteiger charge is 2.48. The number of nitrogens with one attached hydrogen (secondary N) is 6. The van der Waals surface area contributed by atoms with Gasteiger partial charge in [0.2, 0.25) is 41.4 Å². The van der Waals surface area contributed by atoms with Gasteiger partial charge in [0.05, 0.1) is 30.8 Å². The number of carbonyl (C=O) groups excluding carboxylic acids is 7. The predicted octanol–water partition coefficient (Wildman–Crippen LogP) is 3.71. The van der Waals surface area contributed by atoms with Gasteiger partial charge in [-0.1, -0.05) is 120 Å². The molecule has 6 N–H and O–H groups in total. The maximum atomic E-state index is 15.7. The van der Waals surface area contributed by atoms with Crippen LogP contribution in [0.5, 0.6) is 0 Å². The van der Waals surface area contributed by atoms with Crippen molar-refractivity contribution in [1.29, 1.82) is 0 Å². The Balaban J connectivity index is 1.34.